The molecular formula is C13H18N2O4S2. The van der Waals surface area contributed by atoms with E-state index in [2.05, 4.69) is 9.62 Å². The van der Waals surface area contributed by atoms with E-state index in [-0.39, 0.29) is 15.8 Å². The zero-order valence-corrected chi connectivity index (χ0v) is 13.1. The van der Waals surface area contributed by atoms with E-state index in [1.165, 1.54) is 24.3 Å². The molecule has 1 aliphatic heterocycles. The van der Waals surface area contributed by atoms with Crippen LogP contribution >= 0.6 is 11.3 Å². The lowest BCUT2D eigenvalue weighted by atomic mass is 10.1. The van der Waals surface area contributed by atoms with Gasteiger partial charge in [-0.2, -0.15) is 0 Å². The van der Waals surface area contributed by atoms with E-state index < -0.39 is 16.0 Å². The molecule has 2 N–H and O–H groups in total. The molecule has 2 heterocycles. The molecule has 1 saturated heterocycles. The lowest BCUT2D eigenvalue weighted by Crippen LogP contribution is -2.45. The van der Waals surface area contributed by atoms with Gasteiger partial charge in [-0.3, -0.25) is 0 Å². The molecular weight excluding hydrogens is 312 g/mol. The molecule has 0 amide bonds. The summed E-state index contributed by atoms with van der Waals surface area (Å²) >= 11 is 0.932. The van der Waals surface area contributed by atoms with Gasteiger partial charge in [-0.05, 0) is 50.2 Å². The van der Waals surface area contributed by atoms with Gasteiger partial charge < -0.3 is 10.0 Å². The van der Waals surface area contributed by atoms with Gasteiger partial charge in [0.25, 0.3) is 0 Å². The van der Waals surface area contributed by atoms with Crippen molar-refractivity contribution in [3.05, 3.63) is 16.3 Å². The highest BCUT2D eigenvalue weighted by Crippen LogP contribution is 2.30. The second kappa shape index (κ2) is 5.68. The molecule has 1 aromatic heterocycles. The molecule has 0 atom stereocenters. The second-order valence-electron chi connectivity index (χ2n) is 5.58. The number of likely N-dealkylation sites (tertiary alicyclic amines) is 1. The maximum absolute atomic E-state index is 12.3. The molecule has 2 fully saturated rings. The van der Waals surface area contributed by atoms with E-state index in [0.717, 1.165) is 37.3 Å². The van der Waals surface area contributed by atoms with Crippen molar-refractivity contribution in [3.63, 3.8) is 0 Å². The molecule has 0 spiro atoms. The molecule has 2 aliphatic rings. The van der Waals surface area contributed by atoms with Gasteiger partial charge in [0.1, 0.15) is 9.77 Å². The topological polar surface area (TPSA) is 86.7 Å². The lowest BCUT2D eigenvalue weighted by molar-refractivity contribution is 0.0698. The van der Waals surface area contributed by atoms with Gasteiger partial charge in [0.05, 0.1) is 0 Å². The van der Waals surface area contributed by atoms with E-state index in [1.54, 1.807) is 0 Å². The SMILES string of the molecule is O=C(O)c1sccc1S(=O)(=O)NC1CCN(C2CC2)CC1. The zero-order valence-electron chi connectivity index (χ0n) is 11.5. The Bertz CT molecular complexity index is 628. The molecule has 1 aliphatic carbocycles. The number of rotatable bonds is 5. The Morgan fingerprint density at radius 2 is 1.95 bits per heavy atom. The minimum atomic E-state index is -3.75. The van der Waals surface area contributed by atoms with Crippen molar-refractivity contribution in [1.82, 2.24) is 9.62 Å². The van der Waals surface area contributed by atoms with E-state index >= 15 is 0 Å². The van der Waals surface area contributed by atoms with Crippen LogP contribution < -0.4 is 4.72 Å². The first-order chi connectivity index (χ1) is 9.97. The summed E-state index contributed by atoms with van der Waals surface area (Å²) in [5.41, 5.74) is 0. The summed E-state index contributed by atoms with van der Waals surface area (Å²) in [7, 11) is -3.75. The van der Waals surface area contributed by atoms with Crippen LogP contribution in [0.2, 0.25) is 0 Å². The number of sulfonamides is 1. The largest absolute Gasteiger partial charge is 0.477 e. The number of carboxylic acid groups (broad SMARTS) is 1. The fraction of sp³-hybridized carbons (Fsp3) is 0.615. The van der Waals surface area contributed by atoms with E-state index in [1.807, 2.05) is 0 Å². The fourth-order valence-electron chi connectivity index (χ4n) is 2.77. The monoisotopic (exact) mass is 330 g/mol. The molecule has 21 heavy (non-hydrogen) atoms. The molecule has 1 aromatic rings. The van der Waals surface area contributed by atoms with Gasteiger partial charge in [0.15, 0.2) is 0 Å². The minimum absolute atomic E-state index is 0.105. The third-order valence-corrected chi connectivity index (χ3v) is 6.62. The second-order valence-corrected chi connectivity index (χ2v) is 8.18. The molecule has 3 rings (SSSR count). The van der Waals surface area contributed by atoms with Gasteiger partial charge in [-0.25, -0.2) is 17.9 Å². The average molecular weight is 330 g/mol. The first kappa shape index (κ1) is 15.0. The average Bonchev–Trinajstić information content (AvgIpc) is 3.14. The third kappa shape index (κ3) is 3.28. The zero-order chi connectivity index (χ0) is 15.0. The molecule has 0 radical (unpaired) electrons. The standard InChI is InChI=1S/C13H18N2O4S2/c16-13(17)12-11(5-8-20-12)21(18,19)14-9-3-6-15(7-4-9)10-1-2-10/h5,8-10,14H,1-4,6-7H2,(H,16,17). The van der Waals surface area contributed by atoms with E-state index in [9.17, 15) is 13.2 Å². The van der Waals surface area contributed by atoms with Gasteiger partial charge >= 0.3 is 5.97 Å². The molecule has 6 nitrogen and oxygen atoms in total. The lowest BCUT2D eigenvalue weighted by Gasteiger charge is -2.32. The summed E-state index contributed by atoms with van der Waals surface area (Å²) in [6.07, 6.45) is 4.07. The Balaban J connectivity index is 1.66. The number of thiophene rings is 1. The summed E-state index contributed by atoms with van der Waals surface area (Å²) in [5, 5.41) is 10.5. The maximum Gasteiger partial charge on any atom is 0.347 e. The van der Waals surface area contributed by atoms with Gasteiger partial charge in [0.2, 0.25) is 10.0 Å². The number of aromatic carboxylic acids is 1. The van der Waals surface area contributed by atoms with E-state index in [0.29, 0.717) is 6.04 Å². The van der Waals surface area contributed by atoms with E-state index in [4.69, 9.17) is 5.11 Å². The highest BCUT2D eigenvalue weighted by Gasteiger charge is 2.33. The molecule has 116 valence electrons. The Morgan fingerprint density at radius 3 is 2.52 bits per heavy atom. The normalized spacial score (nSPS) is 21.5. The highest BCUT2D eigenvalue weighted by molar-refractivity contribution is 7.89. The summed E-state index contributed by atoms with van der Waals surface area (Å²) in [5.74, 6) is -1.20. The summed E-state index contributed by atoms with van der Waals surface area (Å²) in [4.78, 5) is 13.2. The number of hydrogen-bond donors (Lipinski definition) is 2. The Labute approximate surface area is 127 Å². The van der Waals surface area contributed by atoms with Crippen molar-refractivity contribution in [3.8, 4) is 0 Å². The quantitative estimate of drug-likeness (QED) is 0.851. The molecule has 0 bridgehead atoms. The van der Waals surface area contributed by atoms with Crippen LogP contribution in [0.5, 0.6) is 0 Å². The number of hydrogen-bond acceptors (Lipinski definition) is 5. The van der Waals surface area contributed by atoms with Crippen LogP contribution in [0.25, 0.3) is 0 Å². The number of piperidine rings is 1. The minimum Gasteiger partial charge on any atom is -0.477 e. The highest BCUT2D eigenvalue weighted by atomic mass is 32.2. The number of nitrogens with zero attached hydrogens (tertiary/aromatic N) is 1. The van der Waals surface area contributed by atoms with Gasteiger partial charge in [-0.15, -0.1) is 11.3 Å². The van der Waals surface area contributed by atoms with Crippen molar-refractivity contribution >= 4 is 27.3 Å². The first-order valence-corrected chi connectivity index (χ1v) is 9.41. The predicted octanol–water partition coefficient (Wildman–Crippen LogP) is 1.35. The maximum atomic E-state index is 12.3. The first-order valence-electron chi connectivity index (χ1n) is 7.04. The molecule has 1 saturated carbocycles. The summed E-state index contributed by atoms with van der Waals surface area (Å²) < 4.78 is 27.3. The van der Waals surface area contributed by atoms with Crippen LogP contribution in [0.1, 0.15) is 35.4 Å². The van der Waals surface area contributed by atoms with Crippen LogP contribution in [0.3, 0.4) is 0 Å². The van der Waals surface area contributed by atoms with Crippen molar-refractivity contribution in [2.45, 2.75) is 42.7 Å². The third-order valence-electron chi connectivity index (χ3n) is 4.03. The number of nitrogens with one attached hydrogen (secondary N) is 1. The summed E-state index contributed by atoms with van der Waals surface area (Å²) in [6, 6.07) is 1.96. The predicted molar refractivity (Wildman–Crippen MR) is 79.2 cm³/mol. The van der Waals surface area contributed by atoms with Gasteiger partial charge in [0, 0.05) is 12.1 Å². The fourth-order valence-corrected chi connectivity index (χ4v) is 5.33. The number of carbonyl (C=O) groups is 1. The molecule has 0 aromatic carbocycles. The summed E-state index contributed by atoms with van der Waals surface area (Å²) in [6.45, 7) is 1.82. The van der Waals surface area contributed by atoms with Crippen molar-refractivity contribution in [2.24, 2.45) is 0 Å². The Morgan fingerprint density at radius 1 is 1.29 bits per heavy atom. The van der Waals surface area contributed by atoms with Crippen LogP contribution in [-0.2, 0) is 10.0 Å². The molecule has 0 unspecified atom stereocenters. The van der Waals surface area contributed by atoms with Crippen molar-refractivity contribution < 1.29 is 18.3 Å². The van der Waals surface area contributed by atoms with Crippen LogP contribution in [0.4, 0.5) is 0 Å². The number of carboxylic acids is 1. The van der Waals surface area contributed by atoms with Gasteiger partial charge in [-0.1, -0.05) is 0 Å². The Kier molecular flexibility index (Phi) is 4.04. The van der Waals surface area contributed by atoms with Crippen molar-refractivity contribution in [2.75, 3.05) is 13.1 Å². The van der Waals surface area contributed by atoms with Crippen LogP contribution in [0.15, 0.2) is 16.3 Å². The molecule has 8 heteroatoms. The van der Waals surface area contributed by atoms with Crippen LogP contribution in [0, 0.1) is 0 Å². The Hall–Kier alpha value is -0.960. The van der Waals surface area contributed by atoms with Crippen LogP contribution in [-0.4, -0.2) is 49.6 Å². The van der Waals surface area contributed by atoms with Crippen molar-refractivity contribution in [1.29, 1.82) is 0 Å². The smallest absolute Gasteiger partial charge is 0.347 e.